The SMILES string of the molecule is C[C@H]1CCCC[C@@H]1OCCNC(=O)Nc1ccc(Cl)c(F)c1. The zero-order chi connectivity index (χ0) is 15.9. The number of urea groups is 1. The number of rotatable bonds is 5. The number of hydrogen-bond acceptors (Lipinski definition) is 2. The van der Waals surface area contributed by atoms with Gasteiger partial charge < -0.3 is 15.4 Å². The second-order valence-electron chi connectivity index (χ2n) is 5.68. The highest BCUT2D eigenvalue weighted by Crippen LogP contribution is 2.26. The van der Waals surface area contributed by atoms with Crippen LogP contribution in [0.25, 0.3) is 0 Å². The van der Waals surface area contributed by atoms with Crippen LogP contribution in [0.4, 0.5) is 14.9 Å². The van der Waals surface area contributed by atoms with Crippen molar-refractivity contribution < 1.29 is 13.9 Å². The maximum atomic E-state index is 13.3. The Kier molecular flexibility index (Phi) is 6.46. The van der Waals surface area contributed by atoms with E-state index < -0.39 is 5.82 Å². The second-order valence-corrected chi connectivity index (χ2v) is 6.09. The molecule has 1 saturated carbocycles. The number of carbonyl (C=O) groups is 1. The molecule has 1 aliphatic rings. The summed E-state index contributed by atoms with van der Waals surface area (Å²) in [4.78, 5) is 11.7. The van der Waals surface area contributed by atoms with Crippen molar-refractivity contribution in [3.63, 3.8) is 0 Å². The molecule has 2 rings (SSSR count). The molecule has 1 aliphatic carbocycles. The van der Waals surface area contributed by atoms with Crippen molar-refractivity contribution in [2.24, 2.45) is 5.92 Å². The molecule has 2 N–H and O–H groups in total. The van der Waals surface area contributed by atoms with E-state index in [1.165, 1.54) is 31.4 Å². The molecule has 6 heteroatoms. The minimum absolute atomic E-state index is 0.0287. The number of halogens is 2. The highest BCUT2D eigenvalue weighted by atomic mass is 35.5. The van der Waals surface area contributed by atoms with Crippen LogP contribution in [-0.2, 0) is 4.74 Å². The van der Waals surface area contributed by atoms with Crippen molar-refractivity contribution in [2.75, 3.05) is 18.5 Å². The van der Waals surface area contributed by atoms with E-state index in [1.807, 2.05) is 0 Å². The van der Waals surface area contributed by atoms with Gasteiger partial charge in [-0.15, -0.1) is 0 Å². The van der Waals surface area contributed by atoms with Gasteiger partial charge in [0.15, 0.2) is 0 Å². The first-order valence-corrected chi connectivity index (χ1v) is 8.05. The van der Waals surface area contributed by atoms with Crippen LogP contribution in [0.15, 0.2) is 18.2 Å². The molecular formula is C16H22ClFN2O2. The Morgan fingerprint density at radius 1 is 1.41 bits per heavy atom. The van der Waals surface area contributed by atoms with Gasteiger partial charge in [-0.2, -0.15) is 0 Å². The molecule has 1 aromatic carbocycles. The van der Waals surface area contributed by atoms with Crippen molar-refractivity contribution in [3.05, 3.63) is 29.0 Å². The fraction of sp³-hybridized carbons (Fsp3) is 0.562. The first kappa shape index (κ1) is 17.0. The quantitative estimate of drug-likeness (QED) is 0.796. The molecule has 2 atom stereocenters. The van der Waals surface area contributed by atoms with E-state index >= 15 is 0 Å². The van der Waals surface area contributed by atoms with E-state index in [-0.39, 0.29) is 11.1 Å². The summed E-state index contributed by atoms with van der Waals surface area (Å²) < 4.78 is 19.1. The van der Waals surface area contributed by atoms with Crippen molar-refractivity contribution in [2.45, 2.75) is 38.7 Å². The third-order valence-corrected chi connectivity index (χ3v) is 4.24. The molecule has 1 aromatic rings. The first-order valence-electron chi connectivity index (χ1n) is 7.68. The van der Waals surface area contributed by atoms with Crippen LogP contribution in [0, 0.1) is 11.7 Å². The third kappa shape index (κ3) is 5.14. The second kappa shape index (κ2) is 8.34. The fourth-order valence-corrected chi connectivity index (χ4v) is 2.77. The molecule has 0 aromatic heterocycles. The van der Waals surface area contributed by atoms with Gasteiger partial charge in [0.05, 0.1) is 17.7 Å². The number of benzene rings is 1. The average molecular weight is 329 g/mol. The van der Waals surface area contributed by atoms with Crippen molar-refractivity contribution in [1.29, 1.82) is 0 Å². The molecule has 0 saturated heterocycles. The molecule has 0 heterocycles. The predicted octanol–water partition coefficient (Wildman–Crippen LogP) is 4.20. The summed E-state index contributed by atoms with van der Waals surface area (Å²) in [6, 6.07) is 3.75. The normalized spacial score (nSPS) is 21.4. The van der Waals surface area contributed by atoms with Gasteiger partial charge in [-0.05, 0) is 37.0 Å². The van der Waals surface area contributed by atoms with Crippen LogP contribution in [0.1, 0.15) is 32.6 Å². The lowest BCUT2D eigenvalue weighted by molar-refractivity contribution is -0.00232. The van der Waals surface area contributed by atoms with Gasteiger partial charge >= 0.3 is 6.03 Å². The molecule has 0 aliphatic heterocycles. The summed E-state index contributed by atoms with van der Waals surface area (Å²) in [5.41, 5.74) is 0.362. The Labute approximate surface area is 135 Å². The number of ether oxygens (including phenoxy) is 1. The Hall–Kier alpha value is -1.33. The Morgan fingerprint density at radius 2 is 2.18 bits per heavy atom. The highest BCUT2D eigenvalue weighted by molar-refractivity contribution is 6.30. The molecule has 4 nitrogen and oxygen atoms in total. The van der Waals surface area contributed by atoms with Crippen LogP contribution in [-0.4, -0.2) is 25.3 Å². The molecular weight excluding hydrogens is 307 g/mol. The lowest BCUT2D eigenvalue weighted by atomic mass is 9.88. The number of carbonyl (C=O) groups excluding carboxylic acids is 1. The van der Waals surface area contributed by atoms with Crippen molar-refractivity contribution in [3.8, 4) is 0 Å². The van der Waals surface area contributed by atoms with Crippen molar-refractivity contribution >= 4 is 23.3 Å². The maximum Gasteiger partial charge on any atom is 0.319 e. The van der Waals surface area contributed by atoms with Crippen molar-refractivity contribution in [1.82, 2.24) is 5.32 Å². The summed E-state index contributed by atoms with van der Waals surface area (Å²) in [7, 11) is 0. The highest BCUT2D eigenvalue weighted by Gasteiger charge is 2.21. The minimum atomic E-state index is -0.561. The number of hydrogen-bond donors (Lipinski definition) is 2. The van der Waals surface area contributed by atoms with Gasteiger partial charge in [0.1, 0.15) is 5.82 Å². The Morgan fingerprint density at radius 3 is 2.91 bits per heavy atom. The van der Waals surface area contributed by atoms with Gasteiger partial charge in [0.2, 0.25) is 0 Å². The number of anilines is 1. The van der Waals surface area contributed by atoms with Gasteiger partial charge in [-0.1, -0.05) is 31.4 Å². The molecule has 1 fully saturated rings. The molecule has 0 unspecified atom stereocenters. The summed E-state index contributed by atoms with van der Waals surface area (Å²) >= 11 is 5.59. The average Bonchev–Trinajstić information content (AvgIpc) is 2.49. The largest absolute Gasteiger partial charge is 0.376 e. The van der Waals surface area contributed by atoms with E-state index in [9.17, 15) is 9.18 Å². The zero-order valence-electron chi connectivity index (χ0n) is 12.7. The van der Waals surface area contributed by atoms with Gasteiger partial charge in [0.25, 0.3) is 0 Å². The monoisotopic (exact) mass is 328 g/mol. The maximum absolute atomic E-state index is 13.3. The van der Waals surface area contributed by atoms with Crippen LogP contribution >= 0.6 is 11.6 Å². The van der Waals surface area contributed by atoms with Gasteiger partial charge in [-0.25, -0.2) is 9.18 Å². The van der Waals surface area contributed by atoms with E-state index in [2.05, 4.69) is 17.6 Å². The summed E-state index contributed by atoms with van der Waals surface area (Å²) in [5.74, 6) is 0.0219. The molecule has 2 amide bonds. The smallest absolute Gasteiger partial charge is 0.319 e. The lowest BCUT2D eigenvalue weighted by Crippen LogP contribution is -2.34. The van der Waals surface area contributed by atoms with Crippen LogP contribution in [0.2, 0.25) is 5.02 Å². The standard InChI is InChI=1S/C16H22ClFN2O2/c1-11-4-2-3-5-15(11)22-9-8-19-16(21)20-12-6-7-13(17)14(18)10-12/h6-7,10-11,15H,2-5,8-9H2,1H3,(H2,19,20,21)/t11-,15-/m0/s1. The van der Waals surface area contributed by atoms with Crippen LogP contribution in [0.5, 0.6) is 0 Å². The Bertz CT molecular complexity index is 513. The molecule has 0 spiro atoms. The predicted molar refractivity (Wildman–Crippen MR) is 85.8 cm³/mol. The van der Waals surface area contributed by atoms with E-state index in [1.54, 1.807) is 6.07 Å². The summed E-state index contributed by atoms with van der Waals surface area (Å²) in [6.07, 6.45) is 5.09. The van der Waals surface area contributed by atoms with Gasteiger partial charge in [-0.3, -0.25) is 0 Å². The zero-order valence-corrected chi connectivity index (χ0v) is 13.5. The van der Waals surface area contributed by atoms with Crippen LogP contribution in [0.3, 0.4) is 0 Å². The lowest BCUT2D eigenvalue weighted by Gasteiger charge is -2.28. The topological polar surface area (TPSA) is 50.4 Å². The summed E-state index contributed by atoms with van der Waals surface area (Å²) in [5, 5.41) is 5.27. The van der Waals surface area contributed by atoms with E-state index in [4.69, 9.17) is 16.3 Å². The number of amides is 2. The first-order chi connectivity index (χ1) is 10.6. The minimum Gasteiger partial charge on any atom is -0.376 e. The molecule has 0 radical (unpaired) electrons. The molecule has 122 valence electrons. The van der Waals surface area contributed by atoms with E-state index in [0.717, 1.165) is 6.42 Å². The number of nitrogens with one attached hydrogen (secondary N) is 2. The molecule has 0 bridgehead atoms. The van der Waals surface area contributed by atoms with Gasteiger partial charge in [0, 0.05) is 12.2 Å². The fourth-order valence-electron chi connectivity index (χ4n) is 2.65. The third-order valence-electron chi connectivity index (χ3n) is 3.93. The van der Waals surface area contributed by atoms with E-state index in [0.29, 0.717) is 30.9 Å². The van der Waals surface area contributed by atoms with Crippen LogP contribution < -0.4 is 10.6 Å². The Balaban J connectivity index is 1.66. The summed E-state index contributed by atoms with van der Waals surface area (Å²) in [6.45, 7) is 3.11. The molecule has 22 heavy (non-hydrogen) atoms.